The molecule has 4 nitrogen and oxygen atoms in total. The van der Waals surface area contributed by atoms with Gasteiger partial charge in [0.15, 0.2) is 0 Å². The van der Waals surface area contributed by atoms with Gasteiger partial charge in [0.2, 0.25) is 0 Å². The fraction of sp³-hybridized carbons (Fsp3) is 0.917. The SMILES string of the molecule is CC(C)(C)OC(=O)N1CC[C@](C)(CO)[C@H](F)C1. The van der Waals surface area contributed by atoms with Crippen LogP contribution in [-0.4, -0.2) is 47.6 Å². The normalized spacial score (nSPS) is 30.2. The third kappa shape index (κ3) is 3.56. The number of likely N-dealkylation sites (tertiary alicyclic amines) is 1. The number of halogens is 1. The van der Waals surface area contributed by atoms with Crippen molar-refractivity contribution in [3.05, 3.63) is 0 Å². The van der Waals surface area contributed by atoms with Gasteiger partial charge in [-0.3, -0.25) is 0 Å². The molecule has 0 unspecified atom stereocenters. The van der Waals surface area contributed by atoms with Crippen molar-refractivity contribution >= 4 is 6.09 Å². The summed E-state index contributed by atoms with van der Waals surface area (Å²) in [6, 6.07) is 0. The number of aliphatic hydroxyl groups is 1. The largest absolute Gasteiger partial charge is 0.444 e. The van der Waals surface area contributed by atoms with E-state index in [0.29, 0.717) is 13.0 Å². The lowest BCUT2D eigenvalue weighted by molar-refractivity contribution is -0.0333. The highest BCUT2D eigenvalue weighted by Crippen LogP contribution is 2.33. The second-order valence-electron chi connectivity index (χ2n) is 5.96. The summed E-state index contributed by atoms with van der Waals surface area (Å²) in [6.45, 7) is 7.25. The summed E-state index contributed by atoms with van der Waals surface area (Å²) >= 11 is 0. The van der Waals surface area contributed by atoms with Gasteiger partial charge in [0.1, 0.15) is 11.8 Å². The van der Waals surface area contributed by atoms with Crippen molar-refractivity contribution < 1.29 is 19.0 Å². The Morgan fingerprint density at radius 1 is 1.59 bits per heavy atom. The average molecular weight is 247 g/mol. The van der Waals surface area contributed by atoms with Crippen LogP contribution in [-0.2, 0) is 4.74 Å². The lowest BCUT2D eigenvalue weighted by Gasteiger charge is -2.41. The van der Waals surface area contributed by atoms with Gasteiger partial charge in [-0.25, -0.2) is 9.18 Å². The fourth-order valence-electron chi connectivity index (χ4n) is 1.72. The quantitative estimate of drug-likeness (QED) is 0.770. The predicted octanol–water partition coefficient (Wildman–Crippen LogP) is 1.96. The number of aliphatic hydroxyl groups excluding tert-OH is 1. The van der Waals surface area contributed by atoms with Crippen LogP contribution in [0.4, 0.5) is 9.18 Å². The molecule has 0 aromatic heterocycles. The van der Waals surface area contributed by atoms with Crippen molar-refractivity contribution in [3.63, 3.8) is 0 Å². The number of ether oxygens (including phenoxy) is 1. The fourth-order valence-corrected chi connectivity index (χ4v) is 1.72. The standard InChI is InChI=1S/C12H22FNO3/c1-11(2,3)17-10(16)14-6-5-12(4,8-15)9(13)7-14/h9,15H,5-8H2,1-4H3/t9-,12-/m1/s1. The van der Waals surface area contributed by atoms with E-state index in [2.05, 4.69) is 0 Å². The van der Waals surface area contributed by atoms with Gasteiger partial charge in [-0.15, -0.1) is 0 Å². The van der Waals surface area contributed by atoms with E-state index in [0.717, 1.165) is 0 Å². The minimum atomic E-state index is -1.21. The molecule has 0 aromatic rings. The Kier molecular flexibility index (Phi) is 4.02. The van der Waals surface area contributed by atoms with E-state index in [9.17, 15) is 9.18 Å². The van der Waals surface area contributed by atoms with E-state index >= 15 is 0 Å². The highest BCUT2D eigenvalue weighted by atomic mass is 19.1. The summed E-state index contributed by atoms with van der Waals surface area (Å²) in [5.74, 6) is 0. The maximum absolute atomic E-state index is 13.9. The number of rotatable bonds is 1. The van der Waals surface area contributed by atoms with Crippen LogP contribution in [0.5, 0.6) is 0 Å². The molecule has 0 aliphatic carbocycles. The van der Waals surface area contributed by atoms with E-state index in [4.69, 9.17) is 9.84 Å². The monoisotopic (exact) mass is 247 g/mol. The number of carbonyl (C=O) groups is 1. The number of amides is 1. The summed E-state index contributed by atoms with van der Waals surface area (Å²) in [6.07, 6.45) is -1.25. The first-order chi connectivity index (χ1) is 7.68. The summed E-state index contributed by atoms with van der Waals surface area (Å²) in [5.41, 5.74) is -1.31. The zero-order chi connectivity index (χ0) is 13.3. The van der Waals surface area contributed by atoms with Crippen molar-refractivity contribution in [2.24, 2.45) is 5.41 Å². The molecule has 0 radical (unpaired) electrons. The first kappa shape index (κ1) is 14.2. The third-order valence-corrected chi connectivity index (χ3v) is 3.10. The molecule has 0 aromatic carbocycles. The van der Waals surface area contributed by atoms with Gasteiger partial charge in [0.05, 0.1) is 13.2 Å². The lowest BCUT2D eigenvalue weighted by Crippen LogP contribution is -2.52. The van der Waals surface area contributed by atoms with Gasteiger partial charge in [-0.2, -0.15) is 0 Å². The maximum atomic E-state index is 13.9. The molecule has 1 aliphatic heterocycles. The molecule has 1 rings (SSSR count). The summed E-state index contributed by atoms with van der Waals surface area (Å²) in [5, 5.41) is 9.16. The molecule has 0 bridgehead atoms. The smallest absolute Gasteiger partial charge is 0.410 e. The molecule has 0 spiro atoms. The first-order valence-corrected chi connectivity index (χ1v) is 5.91. The Balaban J connectivity index is 2.58. The molecule has 1 amide bonds. The van der Waals surface area contributed by atoms with Crippen molar-refractivity contribution in [1.29, 1.82) is 0 Å². The van der Waals surface area contributed by atoms with Crippen molar-refractivity contribution in [2.75, 3.05) is 19.7 Å². The van der Waals surface area contributed by atoms with Crippen LogP contribution in [0.2, 0.25) is 0 Å². The van der Waals surface area contributed by atoms with Gasteiger partial charge in [0.25, 0.3) is 0 Å². The average Bonchev–Trinajstić information content (AvgIpc) is 2.19. The zero-order valence-corrected chi connectivity index (χ0v) is 11.0. The van der Waals surface area contributed by atoms with E-state index < -0.39 is 23.3 Å². The first-order valence-electron chi connectivity index (χ1n) is 5.91. The van der Waals surface area contributed by atoms with Crippen LogP contribution < -0.4 is 0 Å². The second kappa shape index (κ2) is 4.80. The summed E-state index contributed by atoms with van der Waals surface area (Å²) < 4.78 is 19.1. The maximum Gasteiger partial charge on any atom is 0.410 e. The number of hydrogen-bond donors (Lipinski definition) is 1. The van der Waals surface area contributed by atoms with Crippen molar-refractivity contribution in [2.45, 2.75) is 45.9 Å². The molecule has 5 heteroatoms. The third-order valence-electron chi connectivity index (χ3n) is 3.10. The molecular formula is C12H22FNO3. The van der Waals surface area contributed by atoms with E-state index in [1.807, 2.05) is 0 Å². The lowest BCUT2D eigenvalue weighted by atomic mass is 9.80. The molecule has 1 saturated heterocycles. The number of carbonyl (C=O) groups excluding carboxylic acids is 1. The Bertz CT molecular complexity index is 290. The van der Waals surface area contributed by atoms with Gasteiger partial charge in [-0.05, 0) is 27.2 Å². The van der Waals surface area contributed by atoms with E-state index in [1.165, 1.54) is 4.90 Å². The number of hydrogen-bond acceptors (Lipinski definition) is 3. The van der Waals surface area contributed by atoms with Crippen LogP contribution >= 0.6 is 0 Å². The van der Waals surface area contributed by atoms with Gasteiger partial charge in [0, 0.05) is 12.0 Å². The van der Waals surface area contributed by atoms with Crippen LogP contribution in [0.15, 0.2) is 0 Å². The second-order valence-corrected chi connectivity index (χ2v) is 5.96. The molecule has 1 heterocycles. The Morgan fingerprint density at radius 3 is 2.59 bits per heavy atom. The molecule has 1 aliphatic rings. The van der Waals surface area contributed by atoms with Gasteiger partial charge in [-0.1, -0.05) is 6.92 Å². The van der Waals surface area contributed by atoms with Crippen molar-refractivity contribution in [1.82, 2.24) is 4.90 Å². The molecule has 0 saturated carbocycles. The Labute approximate surface area is 102 Å². The molecule has 1 fully saturated rings. The van der Waals surface area contributed by atoms with E-state index in [-0.39, 0.29) is 13.2 Å². The van der Waals surface area contributed by atoms with Crippen molar-refractivity contribution in [3.8, 4) is 0 Å². The number of nitrogens with zero attached hydrogens (tertiary/aromatic N) is 1. The highest BCUT2D eigenvalue weighted by Gasteiger charge is 2.41. The summed E-state index contributed by atoms with van der Waals surface area (Å²) in [7, 11) is 0. The minimum Gasteiger partial charge on any atom is -0.444 e. The number of alkyl halides is 1. The molecule has 17 heavy (non-hydrogen) atoms. The minimum absolute atomic E-state index is 0.00796. The summed E-state index contributed by atoms with van der Waals surface area (Å²) in [4.78, 5) is 13.1. The van der Waals surface area contributed by atoms with Crippen LogP contribution in [0.3, 0.4) is 0 Å². The van der Waals surface area contributed by atoms with Crippen LogP contribution in [0.25, 0.3) is 0 Å². The van der Waals surface area contributed by atoms with Crippen LogP contribution in [0, 0.1) is 5.41 Å². The topological polar surface area (TPSA) is 49.8 Å². The zero-order valence-electron chi connectivity index (χ0n) is 11.0. The molecular weight excluding hydrogens is 225 g/mol. The van der Waals surface area contributed by atoms with Gasteiger partial charge >= 0.3 is 6.09 Å². The Hall–Kier alpha value is -0.840. The predicted molar refractivity (Wildman–Crippen MR) is 62.5 cm³/mol. The van der Waals surface area contributed by atoms with Gasteiger partial charge < -0.3 is 14.7 Å². The number of piperidine rings is 1. The Morgan fingerprint density at radius 2 is 2.18 bits per heavy atom. The molecule has 1 N–H and O–H groups in total. The van der Waals surface area contributed by atoms with E-state index in [1.54, 1.807) is 27.7 Å². The highest BCUT2D eigenvalue weighted by molar-refractivity contribution is 5.68. The molecule has 2 atom stereocenters. The molecule has 100 valence electrons. The van der Waals surface area contributed by atoms with Crippen LogP contribution in [0.1, 0.15) is 34.1 Å².